The quantitative estimate of drug-likeness (QED) is 0.458. The summed E-state index contributed by atoms with van der Waals surface area (Å²) in [5.41, 5.74) is 3.15. The molecule has 6 heteroatoms. The summed E-state index contributed by atoms with van der Waals surface area (Å²) in [5, 5.41) is 2.80. The van der Waals surface area contributed by atoms with E-state index in [2.05, 4.69) is 24.9 Å². The molecule has 0 radical (unpaired) electrons. The van der Waals surface area contributed by atoms with Crippen LogP contribution < -0.4 is 5.32 Å². The summed E-state index contributed by atoms with van der Waals surface area (Å²) >= 11 is 0. The first-order valence-corrected chi connectivity index (χ1v) is 10.1. The van der Waals surface area contributed by atoms with Crippen molar-refractivity contribution >= 4 is 11.9 Å². The number of amides is 1. The van der Waals surface area contributed by atoms with E-state index >= 15 is 0 Å². The summed E-state index contributed by atoms with van der Waals surface area (Å²) in [7, 11) is 0. The third-order valence-electron chi connectivity index (χ3n) is 6.86. The molecular weight excluding hydrogens is 358 g/mol. The largest absolute Gasteiger partial charge is 0.460 e. The maximum absolute atomic E-state index is 12.1. The number of rotatable bonds is 3. The van der Waals surface area contributed by atoms with Gasteiger partial charge in [0.05, 0.1) is 24.3 Å². The first-order chi connectivity index (χ1) is 13.4. The lowest BCUT2D eigenvalue weighted by atomic mass is 9.57. The second-order valence-corrected chi connectivity index (χ2v) is 8.62. The Bertz CT molecular complexity index is 754. The molecule has 3 fully saturated rings. The molecule has 1 amide bonds. The summed E-state index contributed by atoms with van der Waals surface area (Å²) in [6.45, 7) is 9.36. The van der Waals surface area contributed by atoms with Gasteiger partial charge in [-0.15, -0.1) is 0 Å². The van der Waals surface area contributed by atoms with E-state index in [1.54, 1.807) is 0 Å². The van der Waals surface area contributed by atoms with Crippen LogP contribution in [0, 0.1) is 17.3 Å². The molecule has 2 aliphatic carbocycles. The third-order valence-corrected chi connectivity index (χ3v) is 6.86. The smallest absolute Gasteiger partial charge is 0.336 e. The van der Waals surface area contributed by atoms with Gasteiger partial charge in [-0.3, -0.25) is 4.79 Å². The van der Waals surface area contributed by atoms with Crippen molar-refractivity contribution in [2.24, 2.45) is 17.3 Å². The molecule has 0 aromatic carbocycles. The standard InChI is InChI=1S/C22H29NO5/c1-13-4-8-18-16(7-9-20-22(18,3)11-26-12-28-20)15(13)5-6-17-19(23-14(2)24)10-27-21(17)25/h6-7,15,18-20H,1,4-5,8-12H2,2-3H3,(H,23,24)/b17-6+/t15-,18+,19-,20-,22+/m1/s1. The van der Waals surface area contributed by atoms with Gasteiger partial charge >= 0.3 is 5.97 Å². The normalized spacial score (nSPS) is 39.1. The zero-order valence-corrected chi connectivity index (χ0v) is 16.7. The van der Waals surface area contributed by atoms with Gasteiger partial charge in [-0.05, 0) is 31.6 Å². The van der Waals surface area contributed by atoms with Gasteiger partial charge in [-0.25, -0.2) is 4.79 Å². The molecule has 2 saturated heterocycles. The van der Waals surface area contributed by atoms with Gasteiger partial charge in [0.25, 0.3) is 0 Å². The number of carbonyl (C=O) groups excluding carboxylic acids is 2. The number of hydrogen-bond acceptors (Lipinski definition) is 5. The van der Waals surface area contributed by atoms with Crippen LogP contribution in [0.15, 0.2) is 35.5 Å². The summed E-state index contributed by atoms with van der Waals surface area (Å²) < 4.78 is 16.7. The van der Waals surface area contributed by atoms with Crippen molar-refractivity contribution in [3.63, 3.8) is 0 Å². The second-order valence-electron chi connectivity index (χ2n) is 8.62. The Morgan fingerprint density at radius 3 is 3.07 bits per heavy atom. The number of hydrogen-bond donors (Lipinski definition) is 1. The van der Waals surface area contributed by atoms with Gasteiger partial charge in [-0.2, -0.15) is 0 Å². The predicted molar refractivity (Wildman–Crippen MR) is 103 cm³/mol. The summed E-state index contributed by atoms with van der Waals surface area (Å²) in [6.07, 6.45) is 8.10. The minimum atomic E-state index is -0.361. The van der Waals surface area contributed by atoms with Crippen LogP contribution in [0.3, 0.4) is 0 Å². The Morgan fingerprint density at radius 2 is 2.29 bits per heavy atom. The van der Waals surface area contributed by atoms with Gasteiger partial charge in [0.1, 0.15) is 13.4 Å². The van der Waals surface area contributed by atoms with Crippen LogP contribution in [0.5, 0.6) is 0 Å². The van der Waals surface area contributed by atoms with E-state index in [0.717, 1.165) is 25.9 Å². The molecule has 152 valence electrons. The van der Waals surface area contributed by atoms with E-state index in [0.29, 0.717) is 24.7 Å². The van der Waals surface area contributed by atoms with Crippen molar-refractivity contribution in [2.75, 3.05) is 20.0 Å². The van der Waals surface area contributed by atoms with Crippen LogP contribution in [0.2, 0.25) is 0 Å². The fraction of sp³-hybridized carbons (Fsp3) is 0.636. The molecule has 0 unspecified atom stereocenters. The van der Waals surface area contributed by atoms with Crippen molar-refractivity contribution in [1.82, 2.24) is 5.32 Å². The number of esters is 1. The van der Waals surface area contributed by atoms with Gasteiger partial charge < -0.3 is 19.5 Å². The molecule has 4 rings (SSSR count). The lowest BCUT2D eigenvalue weighted by Crippen LogP contribution is -2.52. The second kappa shape index (κ2) is 7.48. The number of nitrogens with one attached hydrogen (secondary N) is 1. The molecule has 28 heavy (non-hydrogen) atoms. The Kier molecular flexibility index (Phi) is 5.19. The first kappa shape index (κ1) is 19.4. The summed E-state index contributed by atoms with van der Waals surface area (Å²) in [4.78, 5) is 23.5. The monoisotopic (exact) mass is 387 g/mol. The highest BCUT2D eigenvalue weighted by molar-refractivity contribution is 5.93. The van der Waals surface area contributed by atoms with Gasteiger partial charge in [0, 0.05) is 18.3 Å². The molecule has 2 heterocycles. The van der Waals surface area contributed by atoms with Crippen LogP contribution in [0.4, 0.5) is 0 Å². The molecule has 1 N–H and O–H groups in total. The Balaban J connectivity index is 1.57. The van der Waals surface area contributed by atoms with Crippen molar-refractivity contribution in [1.29, 1.82) is 0 Å². The number of carbonyl (C=O) groups is 2. The SMILES string of the molecule is C=C1CC[C@H]2C(=CC[C@H]3OCOC[C@]32C)[C@@H]1C/C=C1/C(=O)OC[C@H]1NC(C)=O. The van der Waals surface area contributed by atoms with E-state index in [9.17, 15) is 9.59 Å². The van der Waals surface area contributed by atoms with Crippen LogP contribution in [-0.4, -0.2) is 44.0 Å². The molecule has 4 aliphatic rings. The maximum Gasteiger partial charge on any atom is 0.336 e. The zero-order chi connectivity index (χ0) is 19.9. The van der Waals surface area contributed by atoms with E-state index < -0.39 is 0 Å². The lowest BCUT2D eigenvalue weighted by molar-refractivity contribution is -0.220. The summed E-state index contributed by atoms with van der Waals surface area (Å²) in [6, 6.07) is -0.361. The third kappa shape index (κ3) is 3.33. The van der Waals surface area contributed by atoms with Crippen molar-refractivity contribution in [3.8, 4) is 0 Å². The Morgan fingerprint density at radius 1 is 1.46 bits per heavy atom. The van der Waals surface area contributed by atoms with Crippen LogP contribution in [0.25, 0.3) is 0 Å². The maximum atomic E-state index is 12.1. The summed E-state index contributed by atoms with van der Waals surface area (Å²) in [5.74, 6) is 0.109. The molecule has 0 aromatic heterocycles. The average Bonchev–Trinajstić information content (AvgIpc) is 2.99. The minimum Gasteiger partial charge on any atom is -0.460 e. The van der Waals surface area contributed by atoms with Crippen molar-refractivity contribution < 1.29 is 23.8 Å². The van der Waals surface area contributed by atoms with Gasteiger partial charge in [-0.1, -0.05) is 36.8 Å². The number of allylic oxidation sites excluding steroid dienone is 3. The molecule has 0 aromatic rings. The Labute approximate surface area is 166 Å². The molecule has 6 nitrogen and oxygen atoms in total. The van der Waals surface area contributed by atoms with Crippen LogP contribution in [0.1, 0.15) is 39.5 Å². The van der Waals surface area contributed by atoms with E-state index in [1.165, 1.54) is 18.1 Å². The average molecular weight is 387 g/mol. The topological polar surface area (TPSA) is 73.9 Å². The number of fused-ring (bicyclic) bond motifs is 3. The van der Waals surface area contributed by atoms with Crippen LogP contribution in [-0.2, 0) is 23.8 Å². The highest BCUT2D eigenvalue weighted by Crippen LogP contribution is 2.54. The van der Waals surface area contributed by atoms with Crippen molar-refractivity contribution in [3.05, 3.63) is 35.5 Å². The fourth-order valence-electron chi connectivity index (χ4n) is 5.34. The number of ether oxygens (including phenoxy) is 3. The van der Waals surface area contributed by atoms with Crippen LogP contribution >= 0.6 is 0 Å². The Hall–Kier alpha value is -1.92. The van der Waals surface area contributed by atoms with Gasteiger partial charge in [0.2, 0.25) is 5.91 Å². The van der Waals surface area contributed by atoms with Gasteiger partial charge in [0.15, 0.2) is 0 Å². The van der Waals surface area contributed by atoms with E-state index in [4.69, 9.17) is 14.2 Å². The lowest BCUT2D eigenvalue weighted by Gasteiger charge is -2.52. The first-order valence-electron chi connectivity index (χ1n) is 10.1. The minimum absolute atomic E-state index is 0.0144. The van der Waals surface area contributed by atoms with Crippen molar-refractivity contribution in [2.45, 2.75) is 51.7 Å². The van der Waals surface area contributed by atoms with E-state index in [-0.39, 0.29) is 42.0 Å². The molecule has 1 saturated carbocycles. The highest BCUT2D eigenvalue weighted by Gasteiger charge is 2.50. The van der Waals surface area contributed by atoms with E-state index in [1.807, 2.05) is 6.08 Å². The fourth-order valence-corrected chi connectivity index (χ4v) is 5.34. The molecule has 0 bridgehead atoms. The number of cyclic esters (lactones) is 1. The highest BCUT2D eigenvalue weighted by atomic mass is 16.7. The molecule has 5 atom stereocenters. The zero-order valence-electron chi connectivity index (χ0n) is 16.7. The molecule has 0 spiro atoms. The molecular formula is C22H29NO5. The molecule has 2 aliphatic heterocycles. The predicted octanol–water partition coefficient (Wildman–Crippen LogP) is 2.66.